The topological polar surface area (TPSA) is 40.6 Å². The molecule has 1 fully saturated rings. The van der Waals surface area contributed by atoms with Crippen LogP contribution in [0.4, 0.5) is 5.69 Å². The number of carbonyl (C=O) groups is 2. The predicted octanol–water partition coefficient (Wildman–Crippen LogP) is 7.77. The van der Waals surface area contributed by atoms with Crippen molar-refractivity contribution in [3.05, 3.63) is 136 Å². The Balaban J connectivity index is 1.14. The number of nitrogens with zero attached hydrogens (tertiary/aromatic N) is 2. The van der Waals surface area contributed by atoms with E-state index in [-0.39, 0.29) is 11.8 Å². The Hall–Kier alpha value is -4.09. The number of rotatable bonds is 6. The highest BCUT2D eigenvalue weighted by molar-refractivity contribution is 8.04. The maximum Gasteiger partial charge on any atom is 0.265 e. The molecule has 4 nitrogen and oxygen atoms in total. The first-order valence-corrected chi connectivity index (χ1v) is 15.1. The largest absolute Gasteiger partial charge is 0.339 e. The number of thioether (sulfide) groups is 1. The van der Waals surface area contributed by atoms with E-state index in [1.54, 1.807) is 0 Å². The van der Waals surface area contributed by atoms with Gasteiger partial charge in [-0.1, -0.05) is 90.6 Å². The fraction of sp³-hybridized carbons (Fsp3) is 0.222. The number of fused-ring (bicyclic) bond motifs is 1. The Morgan fingerprint density at radius 2 is 1.54 bits per heavy atom. The van der Waals surface area contributed by atoms with E-state index < -0.39 is 0 Å². The Morgan fingerprint density at radius 3 is 2.29 bits per heavy atom. The molecule has 0 aromatic heterocycles. The summed E-state index contributed by atoms with van der Waals surface area (Å²) < 4.78 is 0. The molecule has 0 saturated carbocycles. The van der Waals surface area contributed by atoms with E-state index in [1.807, 2.05) is 70.5 Å². The average molecular weight is 559 g/mol. The van der Waals surface area contributed by atoms with E-state index >= 15 is 0 Å². The van der Waals surface area contributed by atoms with Crippen molar-refractivity contribution in [2.24, 2.45) is 5.92 Å². The van der Waals surface area contributed by atoms with Crippen molar-refractivity contribution in [1.29, 1.82) is 0 Å². The standard InChI is InChI=1S/C36H34N2O2S/c1-26-9-5-6-12-31(26)25-38-32-13-7-8-14-33(32)41-34(36(38)40)24-28-15-17-30(18-16-28)35(39)37-21-19-29(20-22-37)23-27-10-3-2-4-11-27/h2-18,24,29H,19-23,25H2,1H3. The van der Waals surface area contributed by atoms with Crippen molar-refractivity contribution in [2.45, 2.75) is 37.6 Å². The Morgan fingerprint density at radius 1 is 0.854 bits per heavy atom. The number of aryl methyl sites for hydroxylation is 1. The molecule has 4 aromatic carbocycles. The first kappa shape index (κ1) is 27.1. The Kier molecular flexibility index (Phi) is 8.06. The van der Waals surface area contributed by atoms with Crippen LogP contribution in [0.1, 0.15) is 45.5 Å². The molecule has 2 heterocycles. The lowest BCUT2D eigenvalue weighted by Gasteiger charge is -2.32. The zero-order valence-corrected chi connectivity index (χ0v) is 24.1. The van der Waals surface area contributed by atoms with Crippen LogP contribution >= 0.6 is 11.8 Å². The first-order valence-electron chi connectivity index (χ1n) is 14.3. The van der Waals surface area contributed by atoms with Gasteiger partial charge in [0.05, 0.1) is 17.1 Å². The molecule has 0 aliphatic carbocycles. The highest BCUT2D eigenvalue weighted by Crippen LogP contribution is 2.42. The average Bonchev–Trinajstić information content (AvgIpc) is 3.01. The van der Waals surface area contributed by atoms with Crippen LogP contribution in [0, 0.1) is 12.8 Å². The zero-order valence-electron chi connectivity index (χ0n) is 23.3. The summed E-state index contributed by atoms with van der Waals surface area (Å²) in [6.07, 6.45) is 5.09. The van der Waals surface area contributed by atoms with Crippen molar-refractivity contribution >= 4 is 35.3 Å². The van der Waals surface area contributed by atoms with Crippen molar-refractivity contribution in [2.75, 3.05) is 18.0 Å². The van der Waals surface area contributed by atoms with Gasteiger partial charge in [-0.25, -0.2) is 0 Å². The van der Waals surface area contributed by atoms with E-state index in [0.29, 0.717) is 22.9 Å². The third-order valence-electron chi connectivity index (χ3n) is 8.15. The van der Waals surface area contributed by atoms with Gasteiger partial charge in [0.1, 0.15) is 0 Å². The minimum Gasteiger partial charge on any atom is -0.339 e. The number of hydrogen-bond acceptors (Lipinski definition) is 3. The van der Waals surface area contributed by atoms with Gasteiger partial charge in [0.25, 0.3) is 11.8 Å². The van der Waals surface area contributed by atoms with Gasteiger partial charge in [0.2, 0.25) is 0 Å². The second-order valence-electron chi connectivity index (χ2n) is 10.9. The van der Waals surface area contributed by atoms with Crippen LogP contribution in [0.3, 0.4) is 0 Å². The van der Waals surface area contributed by atoms with E-state index in [2.05, 4.69) is 55.5 Å². The number of carbonyl (C=O) groups excluding carboxylic acids is 2. The molecule has 2 amide bonds. The normalized spacial score (nSPS) is 16.6. The van der Waals surface area contributed by atoms with Gasteiger partial charge in [0.15, 0.2) is 0 Å². The van der Waals surface area contributed by atoms with Gasteiger partial charge in [-0.2, -0.15) is 0 Å². The van der Waals surface area contributed by atoms with Crippen LogP contribution in [0.2, 0.25) is 0 Å². The molecule has 2 aliphatic heterocycles. The van der Waals surface area contributed by atoms with Crippen LogP contribution in [-0.4, -0.2) is 29.8 Å². The lowest BCUT2D eigenvalue weighted by molar-refractivity contribution is -0.114. The first-order chi connectivity index (χ1) is 20.0. The quantitative estimate of drug-likeness (QED) is 0.227. The summed E-state index contributed by atoms with van der Waals surface area (Å²) >= 11 is 1.51. The second kappa shape index (κ2) is 12.2. The number of hydrogen-bond donors (Lipinski definition) is 0. The molecule has 0 bridgehead atoms. The van der Waals surface area contributed by atoms with Crippen LogP contribution in [0.25, 0.3) is 6.08 Å². The number of benzene rings is 4. The molecule has 2 aliphatic rings. The molecule has 1 saturated heterocycles. The Bertz CT molecular complexity index is 1570. The van der Waals surface area contributed by atoms with E-state index in [1.165, 1.54) is 22.9 Å². The van der Waals surface area contributed by atoms with Crippen LogP contribution in [0.5, 0.6) is 0 Å². The summed E-state index contributed by atoms with van der Waals surface area (Å²) in [5, 5.41) is 0. The summed E-state index contributed by atoms with van der Waals surface area (Å²) in [4.78, 5) is 32.6. The summed E-state index contributed by atoms with van der Waals surface area (Å²) in [5.41, 5.74) is 6.22. The SMILES string of the molecule is Cc1ccccc1CN1C(=O)C(=Cc2ccc(C(=O)N3CCC(Cc4ccccc4)CC3)cc2)Sc2ccccc21. The lowest BCUT2D eigenvalue weighted by atomic mass is 9.90. The molecule has 206 valence electrons. The summed E-state index contributed by atoms with van der Waals surface area (Å²) in [7, 11) is 0. The van der Waals surface area contributed by atoms with Gasteiger partial charge in [-0.05, 0) is 84.7 Å². The summed E-state index contributed by atoms with van der Waals surface area (Å²) in [6.45, 7) is 4.19. The summed E-state index contributed by atoms with van der Waals surface area (Å²) in [5.74, 6) is 0.704. The van der Waals surface area contributed by atoms with Crippen LogP contribution in [0.15, 0.2) is 113 Å². The smallest absolute Gasteiger partial charge is 0.265 e. The number of para-hydroxylation sites is 1. The minimum atomic E-state index is -0.00419. The fourth-order valence-electron chi connectivity index (χ4n) is 5.72. The van der Waals surface area contributed by atoms with Crippen LogP contribution < -0.4 is 4.90 Å². The monoisotopic (exact) mass is 558 g/mol. The molecule has 0 N–H and O–H groups in total. The van der Waals surface area contributed by atoms with Gasteiger partial charge < -0.3 is 9.80 Å². The fourth-order valence-corrected chi connectivity index (χ4v) is 6.78. The molecule has 0 spiro atoms. The third-order valence-corrected chi connectivity index (χ3v) is 9.22. The zero-order chi connectivity index (χ0) is 28.2. The highest BCUT2D eigenvalue weighted by atomic mass is 32.2. The molecule has 5 heteroatoms. The number of piperidine rings is 1. The number of amides is 2. The maximum atomic E-state index is 13.7. The van der Waals surface area contributed by atoms with E-state index in [0.717, 1.165) is 54.1 Å². The summed E-state index contributed by atoms with van der Waals surface area (Å²) in [6, 6.07) is 34.6. The molecule has 6 rings (SSSR count). The predicted molar refractivity (Wildman–Crippen MR) is 168 cm³/mol. The van der Waals surface area contributed by atoms with Crippen LogP contribution in [-0.2, 0) is 17.8 Å². The molecular formula is C36H34N2O2S. The molecule has 0 unspecified atom stereocenters. The van der Waals surface area contributed by atoms with Crippen molar-refractivity contribution in [1.82, 2.24) is 4.90 Å². The van der Waals surface area contributed by atoms with Gasteiger partial charge in [-0.15, -0.1) is 0 Å². The van der Waals surface area contributed by atoms with Crippen molar-refractivity contribution in [3.8, 4) is 0 Å². The molecule has 0 radical (unpaired) electrons. The highest BCUT2D eigenvalue weighted by Gasteiger charge is 2.29. The minimum absolute atomic E-state index is 0.00419. The second-order valence-corrected chi connectivity index (χ2v) is 12.0. The van der Waals surface area contributed by atoms with E-state index in [9.17, 15) is 9.59 Å². The maximum absolute atomic E-state index is 13.7. The van der Waals surface area contributed by atoms with Gasteiger partial charge in [-0.3, -0.25) is 9.59 Å². The number of anilines is 1. The molecule has 0 atom stereocenters. The van der Waals surface area contributed by atoms with Crippen molar-refractivity contribution < 1.29 is 9.59 Å². The molecule has 4 aromatic rings. The number of likely N-dealkylation sites (tertiary alicyclic amines) is 1. The van der Waals surface area contributed by atoms with Crippen molar-refractivity contribution in [3.63, 3.8) is 0 Å². The molecule has 41 heavy (non-hydrogen) atoms. The third kappa shape index (κ3) is 6.15. The Labute approximate surface area is 246 Å². The van der Waals surface area contributed by atoms with Gasteiger partial charge in [0, 0.05) is 23.5 Å². The van der Waals surface area contributed by atoms with Gasteiger partial charge >= 0.3 is 0 Å². The molecular weight excluding hydrogens is 524 g/mol. The lowest BCUT2D eigenvalue weighted by Crippen LogP contribution is -2.38. The van der Waals surface area contributed by atoms with E-state index in [4.69, 9.17) is 0 Å².